The highest BCUT2D eigenvalue weighted by Gasteiger charge is 2.24. The van der Waals surface area contributed by atoms with Crippen molar-refractivity contribution >= 4 is 29.0 Å². The summed E-state index contributed by atoms with van der Waals surface area (Å²) in [4.78, 5) is 17.3. The zero-order chi connectivity index (χ0) is 20.3. The number of amides is 1. The Morgan fingerprint density at radius 2 is 1.63 bits per heavy atom. The second-order valence-electron chi connectivity index (χ2n) is 7.73. The quantitative estimate of drug-likeness (QED) is 0.632. The number of carbonyl (C=O) groups is 1. The Balaban J connectivity index is 1.20. The van der Waals surface area contributed by atoms with Gasteiger partial charge in [0.15, 0.2) is 0 Å². The molecule has 1 unspecified atom stereocenters. The van der Waals surface area contributed by atoms with E-state index >= 15 is 0 Å². The van der Waals surface area contributed by atoms with Gasteiger partial charge in [-0.2, -0.15) is 0 Å². The number of carbonyl (C=O) groups excluding carboxylic acids is 1. The third kappa shape index (κ3) is 3.90. The summed E-state index contributed by atoms with van der Waals surface area (Å²) in [5, 5.41) is 3.12. The first-order valence-corrected chi connectivity index (χ1v) is 11.2. The summed E-state index contributed by atoms with van der Waals surface area (Å²) in [5.74, 6) is 1.37. The van der Waals surface area contributed by atoms with Crippen molar-refractivity contribution in [2.24, 2.45) is 5.92 Å². The molecule has 5 rings (SSSR count). The molecule has 0 bridgehead atoms. The molecule has 0 aliphatic carbocycles. The number of fused-ring (bicyclic) bond motifs is 3. The van der Waals surface area contributed by atoms with Crippen LogP contribution in [0.5, 0.6) is 5.75 Å². The van der Waals surface area contributed by atoms with Gasteiger partial charge in [0.1, 0.15) is 5.75 Å². The molecule has 0 spiro atoms. The van der Waals surface area contributed by atoms with Gasteiger partial charge in [0.05, 0.1) is 18.0 Å². The van der Waals surface area contributed by atoms with Crippen LogP contribution in [0.1, 0.15) is 12.0 Å². The molecular weight excluding hydrogens is 392 g/mol. The van der Waals surface area contributed by atoms with Gasteiger partial charge in [-0.3, -0.25) is 4.79 Å². The lowest BCUT2D eigenvalue weighted by atomic mass is 9.97. The molecule has 0 fully saturated rings. The molecule has 30 heavy (non-hydrogen) atoms. The molecular formula is C25H24N2O2S. The summed E-state index contributed by atoms with van der Waals surface area (Å²) in [6, 6.07) is 24.9. The molecule has 3 aromatic carbocycles. The number of benzene rings is 3. The molecule has 2 aliphatic heterocycles. The zero-order valence-corrected chi connectivity index (χ0v) is 17.5. The summed E-state index contributed by atoms with van der Waals surface area (Å²) in [5.41, 5.74) is 3.57. The van der Waals surface area contributed by atoms with Crippen molar-refractivity contribution in [3.8, 4) is 5.75 Å². The number of anilines is 2. The summed E-state index contributed by atoms with van der Waals surface area (Å²) in [6.07, 6.45) is 1.40. The predicted molar refractivity (Wildman–Crippen MR) is 121 cm³/mol. The molecule has 1 amide bonds. The first-order chi connectivity index (χ1) is 14.8. The predicted octanol–water partition coefficient (Wildman–Crippen LogP) is 5.05. The van der Waals surface area contributed by atoms with Crippen molar-refractivity contribution in [3.63, 3.8) is 0 Å². The van der Waals surface area contributed by atoms with Crippen LogP contribution in [0.3, 0.4) is 0 Å². The van der Waals surface area contributed by atoms with E-state index < -0.39 is 0 Å². The van der Waals surface area contributed by atoms with Gasteiger partial charge in [-0.15, -0.1) is 0 Å². The lowest BCUT2D eigenvalue weighted by Gasteiger charge is -2.32. The van der Waals surface area contributed by atoms with E-state index in [9.17, 15) is 4.79 Å². The maximum atomic E-state index is 12.6. The van der Waals surface area contributed by atoms with Crippen LogP contribution in [0.25, 0.3) is 0 Å². The van der Waals surface area contributed by atoms with Crippen LogP contribution in [-0.2, 0) is 11.2 Å². The molecule has 3 aromatic rings. The minimum Gasteiger partial charge on any atom is -0.493 e. The van der Waals surface area contributed by atoms with E-state index in [4.69, 9.17) is 4.74 Å². The second-order valence-corrected chi connectivity index (χ2v) is 8.82. The van der Waals surface area contributed by atoms with Gasteiger partial charge in [0.25, 0.3) is 0 Å². The Morgan fingerprint density at radius 1 is 0.967 bits per heavy atom. The Kier molecular flexibility index (Phi) is 5.37. The Labute approximate surface area is 181 Å². The van der Waals surface area contributed by atoms with Crippen molar-refractivity contribution in [3.05, 3.63) is 78.4 Å². The van der Waals surface area contributed by atoms with Crippen LogP contribution >= 0.6 is 11.8 Å². The zero-order valence-electron chi connectivity index (χ0n) is 16.7. The maximum Gasteiger partial charge on any atom is 0.221 e. The van der Waals surface area contributed by atoms with Crippen molar-refractivity contribution in [1.82, 2.24) is 5.32 Å². The largest absolute Gasteiger partial charge is 0.493 e. The fourth-order valence-electron chi connectivity index (χ4n) is 4.10. The molecule has 0 saturated heterocycles. The smallest absolute Gasteiger partial charge is 0.221 e. The lowest BCUT2D eigenvalue weighted by molar-refractivity contribution is -0.121. The standard InChI is InChI=1S/C25H24N2O2S/c28-25(26-16-18-15-19-7-1-4-10-22(19)29-17-18)13-14-27-20-8-2-5-11-23(20)30-24-12-6-3-9-21(24)27/h1-12,18H,13-17H2,(H,26,28). The number of ether oxygens (including phenoxy) is 1. The number of hydrogen-bond donors (Lipinski definition) is 1. The van der Waals surface area contributed by atoms with Crippen LogP contribution in [0.2, 0.25) is 0 Å². The van der Waals surface area contributed by atoms with Crippen LogP contribution < -0.4 is 15.0 Å². The van der Waals surface area contributed by atoms with Gasteiger partial charge in [0, 0.05) is 35.2 Å². The van der Waals surface area contributed by atoms with Gasteiger partial charge in [-0.1, -0.05) is 54.2 Å². The monoisotopic (exact) mass is 416 g/mol. The Bertz CT molecular complexity index is 1020. The third-order valence-electron chi connectivity index (χ3n) is 5.64. The first kappa shape index (κ1) is 19.1. The van der Waals surface area contributed by atoms with E-state index in [1.165, 1.54) is 26.7 Å². The molecule has 0 radical (unpaired) electrons. The Hall–Kier alpha value is -2.92. The average molecular weight is 417 g/mol. The van der Waals surface area contributed by atoms with Gasteiger partial charge in [-0.25, -0.2) is 0 Å². The highest BCUT2D eigenvalue weighted by molar-refractivity contribution is 7.99. The van der Waals surface area contributed by atoms with E-state index in [0.29, 0.717) is 32.0 Å². The van der Waals surface area contributed by atoms with Crippen molar-refractivity contribution < 1.29 is 9.53 Å². The van der Waals surface area contributed by atoms with Crippen LogP contribution in [-0.4, -0.2) is 25.6 Å². The fraction of sp³-hybridized carbons (Fsp3) is 0.240. The molecule has 2 aliphatic rings. The van der Waals surface area contributed by atoms with Crippen LogP contribution in [0, 0.1) is 5.92 Å². The second kappa shape index (κ2) is 8.44. The van der Waals surface area contributed by atoms with Gasteiger partial charge in [0.2, 0.25) is 5.91 Å². The minimum atomic E-state index is 0.0852. The highest BCUT2D eigenvalue weighted by atomic mass is 32.2. The van der Waals surface area contributed by atoms with E-state index in [0.717, 1.165) is 12.2 Å². The maximum absolute atomic E-state index is 12.6. The van der Waals surface area contributed by atoms with Crippen molar-refractivity contribution in [2.45, 2.75) is 22.6 Å². The summed E-state index contributed by atoms with van der Waals surface area (Å²) >= 11 is 1.79. The SMILES string of the molecule is O=C(CCN1c2ccccc2Sc2ccccc21)NCC1COc2ccccc2C1. The number of hydrogen-bond acceptors (Lipinski definition) is 4. The molecule has 2 heterocycles. The molecule has 0 saturated carbocycles. The number of nitrogens with zero attached hydrogens (tertiary/aromatic N) is 1. The van der Waals surface area contributed by atoms with E-state index in [-0.39, 0.29) is 5.91 Å². The lowest BCUT2D eigenvalue weighted by Crippen LogP contribution is -2.36. The Morgan fingerprint density at radius 3 is 2.40 bits per heavy atom. The van der Waals surface area contributed by atoms with E-state index in [1.807, 2.05) is 18.2 Å². The van der Waals surface area contributed by atoms with Gasteiger partial charge >= 0.3 is 0 Å². The molecule has 1 N–H and O–H groups in total. The van der Waals surface area contributed by atoms with Crippen molar-refractivity contribution in [2.75, 3.05) is 24.6 Å². The van der Waals surface area contributed by atoms with E-state index in [2.05, 4.69) is 64.8 Å². The molecule has 152 valence electrons. The summed E-state index contributed by atoms with van der Waals surface area (Å²) in [6.45, 7) is 1.96. The summed E-state index contributed by atoms with van der Waals surface area (Å²) in [7, 11) is 0. The normalized spacial score (nSPS) is 16.7. The highest BCUT2D eigenvalue weighted by Crippen LogP contribution is 2.47. The average Bonchev–Trinajstić information content (AvgIpc) is 2.80. The molecule has 1 atom stereocenters. The van der Waals surface area contributed by atoms with Crippen LogP contribution in [0.15, 0.2) is 82.6 Å². The van der Waals surface area contributed by atoms with Gasteiger partial charge in [-0.05, 0) is 42.3 Å². The topological polar surface area (TPSA) is 41.6 Å². The molecule has 0 aromatic heterocycles. The fourth-order valence-corrected chi connectivity index (χ4v) is 5.20. The number of para-hydroxylation sites is 3. The first-order valence-electron chi connectivity index (χ1n) is 10.4. The summed E-state index contributed by atoms with van der Waals surface area (Å²) < 4.78 is 5.84. The number of rotatable bonds is 5. The molecule has 4 nitrogen and oxygen atoms in total. The minimum absolute atomic E-state index is 0.0852. The van der Waals surface area contributed by atoms with E-state index in [1.54, 1.807) is 11.8 Å². The van der Waals surface area contributed by atoms with Crippen LogP contribution in [0.4, 0.5) is 11.4 Å². The number of nitrogens with one attached hydrogen (secondary N) is 1. The van der Waals surface area contributed by atoms with Gasteiger partial charge < -0.3 is 15.0 Å². The van der Waals surface area contributed by atoms with Crippen molar-refractivity contribution in [1.29, 1.82) is 0 Å². The molecule has 5 heteroatoms. The third-order valence-corrected chi connectivity index (χ3v) is 6.77.